The lowest BCUT2D eigenvalue weighted by molar-refractivity contribution is 0.740. The standard InChI is InChI=1S/C4H9NS.BrH/c1-2-5-4-6-3-1;/h5H,1-4H2;1H. The van der Waals surface area contributed by atoms with E-state index in [1.807, 2.05) is 11.8 Å². The van der Waals surface area contributed by atoms with Gasteiger partial charge in [0, 0.05) is 5.88 Å². The molecular formula is C4H10BrNS. The minimum Gasteiger partial charge on any atom is -0.308 e. The minimum absolute atomic E-state index is 0. The van der Waals surface area contributed by atoms with E-state index in [1.165, 1.54) is 24.6 Å². The minimum atomic E-state index is 0. The summed E-state index contributed by atoms with van der Waals surface area (Å²) in [6, 6.07) is 0. The number of thioether (sulfide) groups is 1. The zero-order valence-corrected chi connectivity index (χ0v) is 6.67. The molecule has 0 aromatic carbocycles. The Morgan fingerprint density at radius 2 is 2.29 bits per heavy atom. The molecule has 0 saturated carbocycles. The Labute approximate surface area is 59.0 Å². The first-order valence-electron chi connectivity index (χ1n) is 2.28. The molecule has 7 heavy (non-hydrogen) atoms. The van der Waals surface area contributed by atoms with Crippen LogP contribution in [0.4, 0.5) is 0 Å². The number of hydrogen-bond acceptors (Lipinski definition) is 2. The van der Waals surface area contributed by atoms with Crippen LogP contribution in [-0.2, 0) is 0 Å². The molecule has 44 valence electrons. The molecule has 0 radical (unpaired) electrons. The lowest BCUT2D eigenvalue weighted by Gasteiger charge is -2.08. The van der Waals surface area contributed by atoms with Gasteiger partial charge in [-0.15, -0.1) is 28.7 Å². The fourth-order valence-corrected chi connectivity index (χ4v) is 1.30. The molecule has 3 heteroatoms. The largest absolute Gasteiger partial charge is 0.308 e. The van der Waals surface area contributed by atoms with Gasteiger partial charge in [0.2, 0.25) is 0 Å². The van der Waals surface area contributed by atoms with Crippen molar-refractivity contribution in [3.05, 3.63) is 0 Å². The van der Waals surface area contributed by atoms with Crippen LogP contribution in [0.2, 0.25) is 0 Å². The number of rotatable bonds is 0. The molecule has 0 aromatic rings. The van der Waals surface area contributed by atoms with Gasteiger partial charge >= 0.3 is 0 Å². The Morgan fingerprint density at radius 3 is 2.43 bits per heavy atom. The van der Waals surface area contributed by atoms with E-state index in [4.69, 9.17) is 0 Å². The van der Waals surface area contributed by atoms with Gasteiger partial charge in [0.1, 0.15) is 0 Å². The van der Waals surface area contributed by atoms with Crippen LogP contribution in [-0.4, -0.2) is 18.2 Å². The van der Waals surface area contributed by atoms with Crippen LogP contribution < -0.4 is 5.32 Å². The van der Waals surface area contributed by atoms with Gasteiger partial charge < -0.3 is 5.32 Å². The van der Waals surface area contributed by atoms with E-state index in [0.29, 0.717) is 0 Å². The molecule has 0 aromatic heterocycles. The van der Waals surface area contributed by atoms with Crippen molar-refractivity contribution in [2.45, 2.75) is 6.42 Å². The molecule has 0 atom stereocenters. The second-order valence-electron chi connectivity index (χ2n) is 1.41. The molecule has 1 aliphatic heterocycles. The monoisotopic (exact) mass is 183 g/mol. The van der Waals surface area contributed by atoms with Crippen LogP contribution in [0.25, 0.3) is 0 Å². The molecule has 0 unspecified atom stereocenters. The van der Waals surface area contributed by atoms with E-state index in [2.05, 4.69) is 5.32 Å². The Hall–Kier alpha value is 0.790. The van der Waals surface area contributed by atoms with Crippen molar-refractivity contribution in [2.75, 3.05) is 18.2 Å². The molecule has 0 bridgehead atoms. The maximum absolute atomic E-state index is 3.25. The van der Waals surface area contributed by atoms with Gasteiger partial charge in [-0.2, -0.15) is 0 Å². The summed E-state index contributed by atoms with van der Waals surface area (Å²) in [4.78, 5) is 0. The molecule has 0 spiro atoms. The Bertz CT molecular complexity index is 27.2. The summed E-state index contributed by atoms with van der Waals surface area (Å²) in [6.45, 7) is 1.23. The van der Waals surface area contributed by atoms with Gasteiger partial charge in [-0.3, -0.25) is 0 Å². The Morgan fingerprint density at radius 1 is 1.43 bits per heavy atom. The first-order chi connectivity index (χ1) is 3.00. The van der Waals surface area contributed by atoms with Crippen LogP contribution in [0.15, 0.2) is 0 Å². The van der Waals surface area contributed by atoms with Crippen LogP contribution in [0.1, 0.15) is 6.42 Å². The normalized spacial score (nSPS) is 20.6. The van der Waals surface area contributed by atoms with Gasteiger partial charge in [-0.25, -0.2) is 0 Å². The Kier molecular flexibility index (Phi) is 5.49. The summed E-state index contributed by atoms with van der Waals surface area (Å²) in [5, 5.41) is 3.25. The average Bonchev–Trinajstić information content (AvgIpc) is 1.72. The highest BCUT2D eigenvalue weighted by atomic mass is 79.9. The molecule has 1 N–H and O–H groups in total. The van der Waals surface area contributed by atoms with Crippen molar-refractivity contribution in [1.82, 2.24) is 5.32 Å². The molecule has 0 amide bonds. The van der Waals surface area contributed by atoms with Crippen molar-refractivity contribution < 1.29 is 0 Å². The second-order valence-corrected chi connectivity index (χ2v) is 2.51. The molecular weight excluding hydrogens is 174 g/mol. The third-order valence-corrected chi connectivity index (χ3v) is 1.83. The quantitative estimate of drug-likeness (QED) is 0.608. The first kappa shape index (κ1) is 7.79. The SMILES string of the molecule is Br.C1CNCSC1. The number of halogens is 1. The van der Waals surface area contributed by atoms with Crippen molar-refractivity contribution >= 4 is 28.7 Å². The van der Waals surface area contributed by atoms with Gasteiger partial charge in [-0.1, -0.05) is 0 Å². The summed E-state index contributed by atoms with van der Waals surface area (Å²) in [6.07, 6.45) is 1.35. The summed E-state index contributed by atoms with van der Waals surface area (Å²) in [5.74, 6) is 2.52. The average molecular weight is 184 g/mol. The zero-order valence-electron chi connectivity index (χ0n) is 4.14. The van der Waals surface area contributed by atoms with E-state index in [-0.39, 0.29) is 17.0 Å². The molecule has 1 aliphatic rings. The highest BCUT2D eigenvalue weighted by molar-refractivity contribution is 8.93. The topological polar surface area (TPSA) is 12.0 Å². The lowest BCUT2D eigenvalue weighted by atomic mass is 10.5. The Balaban J connectivity index is 0.000000360. The molecule has 1 nitrogen and oxygen atoms in total. The molecule has 1 fully saturated rings. The molecule has 1 heterocycles. The first-order valence-corrected chi connectivity index (χ1v) is 3.44. The van der Waals surface area contributed by atoms with Gasteiger partial charge in [0.25, 0.3) is 0 Å². The van der Waals surface area contributed by atoms with E-state index in [0.717, 1.165) is 0 Å². The fraction of sp³-hybridized carbons (Fsp3) is 1.00. The number of nitrogens with one attached hydrogen (secondary N) is 1. The summed E-state index contributed by atoms with van der Waals surface area (Å²) >= 11 is 1.98. The highest BCUT2D eigenvalue weighted by Crippen LogP contribution is 2.02. The van der Waals surface area contributed by atoms with Gasteiger partial charge in [0.15, 0.2) is 0 Å². The van der Waals surface area contributed by atoms with Crippen LogP contribution in [0, 0.1) is 0 Å². The fourth-order valence-electron chi connectivity index (χ4n) is 0.516. The van der Waals surface area contributed by atoms with E-state index >= 15 is 0 Å². The summed E-state index contributed by atoms with van der Waals surface area (Å²) < 4.78 is 0. The predicted octanol–water partition coefficient (Wildman–Crippen LogP) is 1.25. The molecule has 0 aliphatic carbocycles. The smallest absolute Gasteiger partial charge is 0.0417 e. The van der Waals surface area contributed by atoms with Crippen molar-refractivity contribution in [3.63, 3.8) is 0 Å². The van der Waals surface area contributed by atoms with Crippen LogP contribution >= 0.6 is 28.7 Å². The lowest BCUT2D eigenvalue weighted by Crippen LogP contribution is -2.19. The van der Waals surface area contributed by atoms with Gasteiger partial charge in [-0.05, 0) is 18.7 Å². The summed E-state index contributed by atoms with van der Waals surface area (Å²) in [7, 11) is 0. The van der Waals surface area contributed by atoms with E-state index < -0.39 is 0 Å². The van der Waals surface area contributed by atoms with Crippen LogP contribution in [0.3, 0.4) is 0 Å². The van der Waals surface area contributed by atoms with Crippen LogP contribution in [0.5, 0.6) is 0 Å². The van der Waals surface area contributed by atoms with Crippen molar-refractivity contribution in [2.24, 2.45) is 0 Å². The molecule has 1 rings (SSSR count). The van der Waals surface area contributed by atoms with Gasteiger partial charge in [0.05, 0.1) is 0 Å². The van der Waals surface area contributed by atoms with Crippen molar-refractivity contribution in [1.29, 1.82) is 0 Å². The number of hydrogen-bond donors (Lipinski definition) is 1. The maximum atomic E-state index is 3.25. The third-order valence-electron chi connectivity index (χ3n) is 0.846. The maximum Gasteiger partial charge on any atom is 0.0417 e. The van der Waals surface area contributed by atoms with Crippen molar-refractivity contribution in [3.8, 4) is 0 Å². The predicted molar refractivity (Wildman–Crippen MR) is 40.3 cm³/mol. The third kappa shape index (κ3) is 3.38. The molecule has 1 saturated heterocycles. The summed E-state index contributed by atoms with van der Waals surface area (Å²) in [5.41, 5.74) is 0. The highest BCUT2D eigenvalue weighted by Gasteiger charge is 1.93. The van der Waals surface area contributed by atoms with E-state index in [9.17, 15) is 0 Å². The second kappa shape index (κ2) is 4.94. The zero-order chi connectivity index (χ0) is 4.24. The van der Waals surface area contributed by atoms with E-state index in [1.54, 1.807) is 0 Å².